The van der Waals surface area contributed by atoms with Crippen LogP contribution in [0.25, 0.3) is 0 Å². The van der Waals surface area contributed by atoms with Crippen LogP contribution < -0.4 is 5.32 Å². The van der Waals surface area contributed by atoms with Gasteiger partial charge < -0.3 is 10.2 Å². The lowest BCUT2D eigenvalue weighted by molar-refractivity contribution is -0.385. The number of piperidine rings is 1. The topological polar surface area (TPSA) is 75.5 Å². The molecule has 2 heterocycles. The van der Waals surface area contributed by atoms with Crippen LogP contribution in [0.15, 0.2) is 18.2 Å². The van der Waals surface area contributed by atoms with E-state index in [0.29, 0.717) is 30.6 Å². The number of nitrogens with zero attached hydrogens (tertiary/aromatic N) is 2. The molecule has 7 heteroatoms. The summed E-state index contributed by atoms with van der Waals surface area (Å²) in [6.45, 7) is 4.12. The van der Waals surface area contributed by atoms with Gasteiger partial charge in [0.25, 0.3) is 11.6 Å². The predicted octanol–water partition coefficient (Wildman–Crippen LogP) is 2.15. The van der Waals surface area contributed by atoms with E-state index in [9.17, 15) is 14.9 Å². The molecule has 0 saturated carbocycles. The van der Waals surface area contributed by atoms with Crippen molar-refractivity contribution in [1.29, 1.82) is 0 Å². The Labute approximate surface area is 135 Å². The second kappa shape index (κ2) is 6.62. The minimum atomic E-state index is -0.468. The van der Waals surface area contributed by atoms with Crippen molar-refractivity contribution < 1.29 is 9.72 Å². The molecule has 1 amide bonds. The molecule has 6 nitrogen and oxygen atoms in total. The van der Waals surface area contributed by atoms with Crippen LogP contribution in [0.4, 0.5) is 5.69 Å². The zero-order valence-electron chi connectivity index (χ0n) is 12.4. The fourth-order valence-electron chi connectivity index (χ4n) is 3.47. The molecule has 22 heavy (non-hydrogen) atoms. The Morgan fingerprint density at radius 1 is 1.41 bits per heavy atom. The van der Waals surface area contributed by atoms with Crippen molar-refractivity contribution >= 4 is 24.0 Å². The van der Waals surface area contributed by atoms with E-state index in [0.717, 1.165) is 19.4 Å². The molecule has 0 aromatic heterocycles. The van der Waals surface area contributed by atoms with Crippen LogP contribution in [0.5, 0.6) is 0 Å². The number of benzene rings is 1. The van der Waals surface area contributed by atoms with Crippen LogP contribution in [0.2, 0.25) is 0 Å². The highest BCUT2D eigenvalue weighted by molar-refractivity contribution is 5.99. The second-order valence-electron chi connectivity index (χ2n) is 5.88. The molecule has 2 atom stereocenters. The lowest BCUT2D eigenvalue weighted by Gasteiger charge is -2.35. The largest absolute Gasteiger partial charge is 0.338 e. The predicted molar refractivity (Wildman–Crippen MR) is 85.5 cm³/mol. The summed E-state index contributed by atoms with van der Waals surface area (Å²) < 4.78 is 0. The minimum absolute atomic E-state index is 0. The molecule has 2 unspecified atom stereocenters. The number of hydrogen-bond donors (Lipinski definition) is 1. The number of halogens is 1. The van der Waals surface area contributed by atoms with Crippen LogP contribution in [0.1, 0.15) is 28.8 Å². The molecule has 0 bridgehead atoms. The molecule has 0 aliphatic carbocycles. The standard InChI is InChI=1S/C15H19N3O3.ClH/c1-10-3-2-4-13(18(20)21)14(10)15(19)17-8-6-12-11(9-17)5-7-16-12;/h2-4,11-12,16H,5-9H2,1H3;1H. The summed E-state index contributed by atoms with van der Waals surface area (Å²) >= 11 is 0. The Hall–Kier alpha value is -1.66. The molecule has 2 fully saturated rings. The van der Waals surface area contributed by atoms with E-state index in [1.165, 1.54) is 6.07 Å². The van der Waals surface area contributed by atoms with E-state index in [2.05, 4.69) is 5.32 Å². The number of hydrogen-bond acceptors (Lipinski definition) is 4. The van der Waals surface area contributed by atoms with Gasteiger partial charge in [-0.25, -0.2) is 0 Å². The fraction of sp³-hybridized carbons (Fsp3) is 0.533. The maximum Gasteiger partial charge on any atom is 0.282 e. The van der Waals surface area contributed by atoms with Crippen LogP contribution in [0, 0.1) is 23.0 Å². The SMILES string of the molecule is Cc1cccc([N+](=O)[O-])c1C(=O)N1CCC2NCCC2C1.Cl. The van der Waals surface area contributed by atoms with E-state index in [1.807, 2.05) is 0 Å². The normalized spacial score (nSPS) is 23.6. The van der Waals surface area contributed by atoms with E-state index in [1.54, 1.807) is 24.0 Å². The Morgan fingerprint density at radius 3 is 2.91 bits per heavy atom. The van der Waals surface area contributed by atoms with E-state index >= 15 is 0 Å². The van der Waals surface area contributed by atoms with Crippen molar-refractivity contribution in [3.8, 4) is 0 Å². The first kappa shape index (κ1) is 16.7. The molecule has 1 aromatic carbocycles. The summed E-state index contributed by atoms with van der Waals surface area (Å²) in [7, 11) is 0. The van der Waals surface area contributed by atoms with Crippen molar-refractivity contribution in [2.24, 2.45) is 5.92 Å². The zero-order valence-corrected chi connectivity index (χ0v) is 13.3. The van der Waals surface area contributed by atoms with Gasteiger partial charge in [-0.05, 0) is 37.8 Å². The Kier molecular flexibility index (Phi) is 5.03. The van der Waals surface area contributed by atoms with Crippen LogP contribution in [-0.2, 0) is 0 Å². The van der Waals surface area contributed by atoms with Crippen molar-refractivity contribution in [3.63, 3.8) is 0 Å². The zero-order chi connectivity index (χ0) is 15.0. The summed E-state index contributed by atoms with van der Waals surface area (Å²) in [4.78, 5) is 25.2. The molecule has 1 aromatic rings. The molecular weight excluding hydrogens is 306 g/mol. The lowest BCUT2D eigenvalue weighted by Crippen LogP contribution is -2.47. The van der Waals surface area contributed by atoms with Crippen LogP contribution in [-0.4, -0.2) is 41.4 Å². The molecule has 2 aliphatic rings. The first-order valence-electron chi connectivity index (χ1n) is 7.34. The molecular formula is C15H20ClN3O3. The maximum absolute atomic E-state index is 12.7. The Balaban J connectivity index is 0.00000176. The molecule has 0 spiro atoms. The van der Waals surface area contributed by atoms with Crippen molar-refractivity contribution in [1.82, 2.24) is 10.2 Å². The van der Waals surface area contributed by atoms with Gasteiger partial charge >= 0.3 is 0 Å². The smallest absolute Gasteiger partial charge is 0.282 e. The highest BCUT2D eigenvalue weighted by atomic mass is 35.5. The lowest BCUT2D eigenvalue weighted by atomic mass is 9.92. The van der Waals surface area contributed by atoms with Crippen molar-refractivity contribution in [2.45, 2.75) is 25.8 Å². The van der Waals surface area contributed by atoms with Gasteiger partial charge in [-0.2, -0.15) is 0 Å². The van der Waals surface area contributed by atoms with Gasteiger partial charge in [0, 0.05) is 25.2 Å². The number of nitrogens with one attached hydrogen (secondary N) is 1. The van der Waals surface area contributed by atoms with Gasteiger partial charge in [-0.3, -0.25) is 14.9 Å². The number of aryl methyl sites for hydroxylation is 1. The van der Waals surface area contributed by atoms with Gasteiger partial charge in [0.1, 0.15) is 5.56 Å². The average molecular weight is 326 g/mol. The minimum Gasteiger partial charge on any atom is -0.338 e. The third kappa shape index (κ3) is 2.94. The number of rotatable bonds is 2. The highest BCUT2D eigenvalue weighted by Crippen LogP contribution is 2.28. The summed E-state index contributed by atoms with van der Waals surface area (Å²) in [6.07, 6.45) is 2.00. The second-order valence-corrected chi connectivity index (χ2v) is 5.88. The van der Waals surface area contributed by atoms with E-state index in [4.69, 9.17) is 0 Å². The average Bonchev–Trinajstić information content (AvgIpc) is 2.93. The summed E-state index contributed by atoms with van der Waals surface area (Å²) in [5.41, 5.74) is 0.819. The van der Waals surface area contributed by atoms with Gasteiger partial charge in [0.15, 0.2) is 0 Å². The summed E-state index contributed by atoms with van der Waals surface area (Å²) in [6, 6.07) is 5.28. The third-order valence-corrected chi connectivity index (χ3v) is 4.60. The molecule has 1 N–H and O–H groups in total. The van der Waals surface area contributed by atoms with Crippen molar-refractivity contribution in [3.05, 3.63) is 39.4 Å². The Morgan fingerprint density at radius 2 is 2.18 bits per heavy atom. The summed E-state index contributed by atoms with van der Waals surface area (Å²) in [5.74, 6) is 0.274. The molecule has 2 aliphatic heterocycles. The first-order valence-corrected chi connectivity index (χ1v) is 7.34. The number of likely N-dealkylation sites (tertiary alicyclic amines) is 1. The van der Waals surface area contributed by atoms with Gasteiger partial charge in [0.2, 0.25) is 0 Å². The number of nitro benzene ring substituents is 1. The van der Waals surface area contributed by atoms with Gasteiger partial charge in [-0.15, -0.1) is 12.4 Å². The van der Waals surface area contributed by atoms with Gasteiger partial charge in [0.05, 0.1) is 4.92 Å². The van der Waals surface area contributed by atoms with E-state index < -0.39 is 4.92 Å². The fourth-order valence-corrected chi connectivity index (χ4v) is 3.47. The van der Waals surface area contributed by atoms with Crippen LogP contribution >= 0.6 is 12.4 Å². The quantitative estimate of drug-likeness (QED) is 0.667. The Bertz CT molecular complexity index is 593. The summed E-state index contributed by atoms with van der Waals surface area (Å²) in [5, 5.41) is 14.6. The number of fused-ring (bicyclic) bond motifs is 1. The molecule has 0 radical (unpaired) electrons. The third-order valence-electron chi connectivity index (χ3n) is 4.60. The number of carbonyl (C=O) groups excluding carboxylic acids is 1. The first-order chi connectivity index (χ1) is 10.1. The monoisotopic (exact) mass is 325 g/mol. The van der Waals surface area contributed by atoms with E-state index in [-0.39, 0.29) is 29.6 Å². The molecule has 3 rings (SSSR count). The van der Waals surface area contributed by atoms with Crippen molar-refractivity contribution in [2.75, 3.05) is 19.6 Å². The van der Waals surface area contributed by atoms with Crippen LogP contribution in [0.3, 0.4) is 0 Å². The van der Waals surface area contributed by atoms with Gasteiger partial charge in [-0.1, -0.05) is 12.1 Å². The maximum atomic E-state index is 12.7. The molecule has 120 valence electrons. The number of carbonyl (C=O) groups is 1. The molecule has 2 saturated heterocycles. The number of nitro groups is 1. The highest BCUT2D eigenvalue weighted by Gasteiger charge is 2.36. The number of amides is 1.